The van der Waals surface area contributed by atoms with Gasteiger partial charge in [-0.15, -0.1) is 11.8 Å². The van der Waals surface area contributed by atoms with Crippen molar-refractivity contribution in [2.45, 2.75) is 24.5 Å². The number of nitrogens with zero attached hydrogens (tertiary/aromatic N) is 3. The first-order chi connectivity index (χ1) is 13.6. The SMILES string of the molecule is CCNC(=O)CN(CC)C(=O)c1ccc(SCc2cn3ccccc3n2)cc1. The Hall–Kier alpha value is -2.80. The van der Waals surface area contributed by atoms with Crippen LogP contribution in [0.5, 0.6) is 0 Å². The fraction of sp³-hybridized carbons (Fsp3) is 0.286. The number of hydrogen-bond donors (Lipinski definition) is 1. The van der Waals surface area contributed by atoms with Gasteiger partial charge in [0, 0.05) is 41.7 Å². The van der Waals surface area contributed by atoms with Crippen LogP contribution in [0.15, 0.2) is 59.8 Å². The number of aromatic nitrogens is 2. The Morgan fingerprint density at radius 1 is 1.14 bits per heavy atom. The number of carbonyl (C=O) groups is 2. The summed E-state index contributed by atoms with van der Waals surface area (Å²) < 4.78 is 2.01. The Balaban J connectivity index is 1.60. The molecule has 0 saturated carbocycles. The van der Waals surface area contributed by atoms with Gasteiger partial charge in [0.05, 0.1) is 12.2 Å². The summed E-state index contributed by atoms with van der Waals surface area (Å²) in [6, 6.07) is 13.4. The predicted molar refractivity (Wildman–Crippen MR) is 111 cm³/mol. The van der Waals surface area contributed by atoms with Crippen LogP contribution in [0.25, 0.3) is 5.65 Å². The third kappa shape index (κ3) is 4.92. The van der Waals surface area contributed by atoms with E-state index in [-0.39, 0.29) is 18.4 Å². The minimum atomic E-state index is -0.141. The molecule has 2 amide bonds. The third-order valence-corrected chi connectivity index (χ3v) is 5.32. The Kier molecular flexibility index (Phi) is 6.71. The molecule has 0 radical (unpaired) electrons. The molecule has 1 N–H and O–H groups in total. The van der Waals surface area contributed by atoms with Gasteiger partial charge in [-0.1, -0.05) is 6.07 Å². The van der Waals surface area contributed by atoms with Crippen LogP contribution < -0.4 is 5.32 Å². The monoisotopic (exact) mass is 396 g/mol. The molecule has 3 aromatic rings. The van der Waals surface area contributed by atoms with Crippen LogP contribution in [0.1, 0.15) is 29.9 Å². The highest BCUT2D eigenvalue weighted by Gasteiger charge is 2.17. The Morgan fingerprint density at radius 2 is 1.93 bits per heavy atom. The summed E-state index contributed by atoms with van der Waals surface area (Å²) >= 11 is 1.68. The lowest BCUT2D eigenvalue weighted by Gasteiger charge is -2.20. The number of thioether (sulfide) groups is 1. The summed E-state index contributed by atoms with van der Waals surface area (Å²) in [7, 11) is 0. The molecule has 1 aromatic carbocycles. The molecule has 0 aliphatic carbocycles. The molecule has 0 spiro atoms. The highest BCUT2D eigenvalue weighted by atomic mass is 32.2. The Labute approximate surface area is 169 Å². The molecular formula is C21H24N4O2S. The van der Waals surface area contributed by atoms with Crippen LogP contribution in [0, 0.1) is 0 Å². The number of hydrogen-bond acceptors (Lipinski definition) is 4. The van der Waals surface area contributed by atoms with Crippen LogP contribution in [-0.2, 0) is 10.5 Å². The van der Waals surface area contributed by atoms with Gasteiger partial charge < -0.3 is 14.6 Å². The van der Waals surface area contributed by atoms with Gasteiger partial charge in [-0.25, -0.2) is 4.98 Å². The van der Waals surface area contributed by atoms with E-state index in [1.54, 1.807) is 16.7 Å². The van der Waals surface area contributed by atoms with E-state index in [4.69, 9.17) is 0 Å². The second-order valence-corrected chi connectivity index (χ2v) is 7.33. The lowest BCUT2D eigenvalue weighted by atomic mass is 10.2. The molecule has 0 atom stereocenters. The van der Waals surface area contributed by atoms with Crippen molar-refractivity contribution in [3.63, 3.8) is 0 Å². The minimum absolute atomic E-state index is 0.0769. The summed E-state index contributed by atoms with van der Waals surface area (Å²) in [4.78, 5) is 31.6. The maximum absolute atomic E-state index is 12.6. The first kappa shape index (κ1) is 19.9. The molecule has 0 bridgehead atoms. The standard InChI is InChI=1S/C21H24N4O2S/c1-3-22-20(26)14-24(4-2)21(27)16-8-10-18(11-9-16)28-15-17-13-25-12-6-5-7-19(25)23-17/h5-13H,3-4,14-15H2,1-2H3,(H,22,26). The van der Waals surface area contributed by atoms with E-state index in [2.05, 4.69) is 10.3 Å². The molecule has 0 fully saturated rings. The van der Waals surface area contributed by atoms with Gasteiger partial charge in [0.2, 0.25) is 5.91 Å². The van der Waals surface area contributed by atoms with Crippen LogP contribution >= 0.6 is 11.8 Å². The fourth-order valence-corrected chi connectivity index (χ4v) is 3.63. The highest BCUT2D eigenvalue weighted by Crippen LogP contribution is 2.23. The van der Waals surface area contributed by atoms with Crippen LogP contribution in [-0.4, -0.2) is 45.7 Å². The van der Waals surface area contributed by atoms with E-state index in [1.807, 2.05) is 73.1 Å². The smallest absolute Gasteiger partial charge is 0.254 e. The zero-order valence-corrected chi connectivity index (χ0v) is 16.9. The number of carbonyl (C=O) groups excluding carboxylic acids is 2. The molecule has 2 heterocycles. The predicted octanol–water partition coefficient (Wildman–Crippen LogP) is 3.22. The molecule has 0 saturated heterocycles. The maximum atomic E-state index is 12.6. The number of amides is 2. The van der Waals surface area contributed by atoms with E-state index in [0.717, 1.165) is 22.0 Å². The molecule has 28 heavy (non-hydrogen) atoms. The zero-order valence-electron chi connectivity index (χ0n) is 16.1. The lowest BCUT2D eigenvalue weighted by Crippen LogP contribution is -2.40. The van der Waals surface area contributed by atoms with Crippen molar-refractivity contribution < 1.29 is 9.59 Å². The number of nitrogens with one attached hydrogen (secondary N) is 1. The second-order valence-electron chi connectivity index (χ2n) is 6.28. The summed E-state index contributed by atoms with van der Waals surface area (Å²) in [5.41, 5.74) is 2.53. The van der Waals surface area contributed by atoms with Crippen LogP contribution in [0.2, 0.25) is 0 Å². The van der Waals surface area contributed by atoms with Crippen molar-refractivity contribution in [1.82, 2.24) is 19.6 Å². The van der Waals surface area contributed by atoms with Crippen molar-refractivity contribution in [1.29, 1.82) is 0 Å². The van der Waals surface area contributed by atoms with Crippen LogP contribution in [0.4, 0.5) is 0 Å². The quantitative estimate of drug-likeness (QED) is 0.594. The number of imidazole rings is 1. The number of pyridine rings is 1. The summed E-state index contributed by atoms with van der Waals surface area (Å²) in [5, 5.41) is 2.72. The first-order valence-electron chi connectivity index (χ1n) is 9.32. The Bertz CT molecular complexity index is 919. The van der Waals surface area contributed by atoms with Gasteiger partial charge >= 0.3 is 0 Å². The highest BCUT2D eigenvalue weighted by molar-refractivity contribution is 7.98. The average molecular weight is 397 g/mol. The van der Waals surface area contributed by atoms with Crippen molar-refractivity contribution in [3.8, 4) is 0 Å². The second kappa shape index (κ2) is 9.41. The minimum Gasteiger partial charge on any atom is -0.355 e. The largest absolute Gasteiger partial charge is 0.355 e. The van der Waals surface area contributed by atoms with E-state index in [9.17, 15) is 9.59 Å². The van der Waals surface area contributed by atoms with Crippen molar-refractivity contribution in [2.75, 3.05) is 19.6 Å². The maximum Gasteiger partial charge on any atom is 0.254 e. The number of rotatable bonds is 8. The van der Waals surface area contributed by atoms with Gasteiger partial charge in [0.15, 0.2) is 0 Å². The topological polar surface area (TPSA) is 66.7 Å². The van der Waals surface area contributed by atoms with E-state index in [1.165, 1.54) is 0 Å². The molecule has 6 nitrogen and oxygen atoms in total. The Morgan fingerprint density at radius 3 is 2.61 bits per heavy atom. The van der Waals surface area contributed by atoms with Gasteiger partial charge in [0.25, 0.3) is 5.91 Å². The van der Waals surface area contributed by atoms with Crippen molar-refractivity contribution in [2.24, 2.45) is 0 Å². The summed E-state index contributed by atoms with van der Waals surface area (Å²) in [6.07, 6.45) is 4.01. The molecule has 146 valence electrons. The lowest BCUT2D eigenvalue weighted by molar-refractivity contribution is -0.121. The van der Waals surface area contributed by atoms with Crippen LogP contribution in [0.3, 0.4) is 0 Å². The fourth-order valence-electron chi connectivity index (χ4n) is 2.84. The zero-order chi connectivity index (χ0) is 19.9. The number of fused-ring (bicyclic) bond motifs is 1. The molecule has 7 heteroatoms. The van der Waals surface area contributed by atoms with Gasteiger partial charge in [-0.2, -0.15) is 0 Å². The van der Waals surface area contributed by atoms with E-state index in [0.29, 0.717) is 18.7 Å². The van der Waals surface area contributed by atoms with E-state index >= 15 is 0 Å². The third-order valence-electron chi connectivity index (χ3n) is 4.28. The van der Waals surface area contributed by atoms with Gasteiger partial charge in [-0.3, -0.25) is 9.59 Å². The molecule has 3 rings (SSSR count). The summed E-state index contributed by atoms with van der Waals surface area (Å²) in [6.45, 7) is 4.85. The van der Waals surface area contributed by atoms with Crippen molar-refractivity contribution in [3.05, 3.63) is 66.1 Å². The normalized spacial score (nSPS) is 10.8. The molecule has 0 unspecified atom stereocenters. The number of benzene rings is 1. The first-order valence-corrected chi connectivity index (χ1v) is 10.3. The number of likely N-dealkylation sites (N-methyl/N-ethyl adjacent to an activating group) is 2. The molecule has 0 aliphatic heterocycles. The summed E-state index contributed by atoms with van der Waals surface area (Å²) in [5.74, 6) is 0.482. The van der Waals surface area contributed by atoms with E-state index < -0.39 is 0 Å². The van der Waals surface area contributed by atoms with Crippen molar-refractivity contribution >= 4 is 29.2 Å². The molecule has 0 aliphatic rings. The average Bonchev–Trinajstić information content (AvgIpc) is 3.13. The molecule has 2 aromatic heterocycles. The molecular weight excluding hydrogens is 372 g/mol. The van der Waals surface area contributed by atoms with Gasteiger partial charge in [0.1, 0.15) is 5.65 Å². The van der Waals surface area contributed by atoms with Gasteiger partial charge in [-0.05, 0) is 50.2 Å².